The van der Waals surface area contributed by atoms with Gasteiger partial charge in [-0.3, -0.25) is 0 Å². The standard InChI is InChI=1S/C55H40N2O/c1-55(2)46-26-9-5-23-44(46)53-47(55)27-15-31-51(53)57(38-19-13-18-37(34-38)56-48-28-10-6-20-39(48)40-21-7-11-29-49(40)56)50-30-12-8-22-41(50)42-24-14-25-43-45-32-35-16-3-4-17-36(35)33-52(45)58-54(42)43/h3-14,16-26,28-34H,15,27H2,1-2H3. The predicted octanol–water partition coefficient (Wildman–Crippen LogP) is 15.1. The molecule has 58 heavy (non-hydrogen) atoms. The number of fused-ring (bicyclic) bond motifs is 9. The summed E-state index contributed by atoms with van der Waals surface area (Å²) < 4.78 is 9.30. The largest absolute Gasteiger partial charge is 0.455 e. The maximum atomic E-state index is 6.88. The van der Waals surface area contributed by atoms with Gasteiger partial charge in [-0.25, -0.2) is 0 Å². The van der Waals surface area contributed by atoms with Gasteiger partial charge in [0.15, 0.2) is 0 Å². The van der Waals surface area contributed by atoms with Crippen molar-refractivity contribution in [2.75, 3.05) is 4.90 Å². The lowest BCUT2D eigenvalue weighted by atomic mass is 9.78. The fourth-order valence-corrected chi connectivity index (χ4v) is 10.2. The summed E-state index contributed by atoms with van der Waals surface area (Å²) >= 11 is 0. The Bertz CT molecular complexity index is 3330. The van der Waals surface area contributed by atoms with E-state index in [0.717, 1.165) is 63.0 Å². The number of nitrogens with zero attached hydrogens (tertiary/aromatic N) is 2. The van der Waals surface area contributed by atoms with Crippen LogP contribution in [0.4, 0.5) is 11.4 Å². The van der Waals surface area contributed by atoms with E-state index in [4.69, 9.17) is 4.42 Å². The Morgan fingerprint density at radius 3 is 2.00 bits per heavy atom. The molecular weight excluding hydrogens is 705 g/mol. The number of allylic oxidation sites excluding steroid dienone is 3. The van der Waals surface area contributed by atoms with Crippen molar-refractivity contribution in [1.29, 1.82) is 0 Å². The Kier molecular flexibility index (Phi) is 7.10. The first-order valence-electron chi connectivity index (χ1n) is 20.4. The molecule has 8 aromatic carbocycles. The molecule has 0 amide bonds. The maximum Gasteiger partial charge on any atom is 0.143 e. The molecule has 276 valence electrons. The van der Waals surface area contributed by atoms with Crippen LogP contribution in [0.3, 0.4) is 0 Å². The van der Waals surface area contributed by atoms with Gasteiger partial charge in [0, 0.05) is 55.0 Å². The third-order valence-corrected chi connectivity index (χ3v) is 12.9. The quantitative estimate of drug-likeness (QED) is 0.175. The highest BCUT2D eigenvalue weighted by molar-refractivity contribution is 6.14. The molecule has 0 spiro atoms. The summed E-state index contributed by atoms with van der Waals surface area (Å²) in [4.78, 5) is 2.54. The van der Waals surface area contributed by atoms with Crippen molar-refractivity contribution in [3.63, 3.8) is 0 Å². The van der Waals surface area contributed by atoms with Gasteiger partial charge in [0.2, 0.25) is 0 Å². The molecule has 0 unspecified atom stereocenters. The lowest BCUT2D eigenvalue weighted by Crippen LogP contribution is -2.22. The highest BCUT2D eigenvalue weighted by Gasteiger charge is 2.41. The van der Waals surface area contributed by atoms with E-state index in [1.54, 1.807) is 0 Å². The Morgan fingerprint density at radius 1 is 0.552 bits per heavy atom. The van der Waals surface area contributed by atoms with E-state index >= 15 is 0 Å². The number of benzene rings is 8. The summed E-state index contributed by atoms with van der Waals surface area (Å²) in [6.45, 7) is 4.81. The van der Waals surface area contributed by atoms with E-state index < -0.39 is 0 Å². The molecular formula is C55H40N2O. The summed E-state index contributed by atoms with van der Waals surface area (Å²) in [5.74, 6) is 0. The van der Waals surface area contributed by atoms with Crippen molar-refractivity contribution in [2.45, 2.75) is 32.1 Å². The molecule has 12 rings (SSSR count). The Balaban J connectivity index is 1.12. The summed E-state index contributed by atoms with van der Waals surface area (Å²) in [5, 5.41) is 7.17. The second-order valence-electron chi connectivity index (χ2n) is 16.4. The molecule has 0 saturated carbocycles. The van der Waals surface area contributed by atoms with Crippen molar-refractivity contribution in [1.82, 2.24) is 4.57 Å². The van der Waals surface area contributed by atoms with Crippen LogP contribution in [-0.2, 0) is 5.41 Å². The molecule has 0 fully saturated rings. The van der Waals surface area contributed by atoms with Gasteiger partial charge in [0.1, 0.15) is 11.2 Å². The first-order valence-corrected chi connectivity index (χ1v) is 20.4. The smallest absolute Gasteiger partial charge is 0.143 e. The number of hydrogen-bond acceptors (Lipinski definition) is 2. The van der Waals surface area contributed by atoms with Crippen LogP contribution in [0, 0.1) is 0 Å². The first-order chi connectivity index (χ1) is 28.5. The number of hydrogen-bond donors (Lipinski definition) is 0. The third kappa shape index (κ3) is 4.74. The maximum absolute atomic E-state index is 6.88. The molecule has 2 aliphatic rings. The number of para-hydroxylation sites is 4. The first kappa shape index (κ1) is 33.1. The van der Waals surface area contributed by atoms with Crippen LogP contribution in [0.1, 0.15) is 37.8 Å². The zero-order valence-electron chi connectivity index (χ0n) is 32.5. The molecule has 0 atom stereocenters. The summed E-state index contributed by atoms with van der Waals surface area (Å²) in [7, 11) is 0. The third-order valence-electron chi connectivity index (χ3n) is 12.9. The fraction of sp³-hybridized carbons (Fsp3) is 0.0909. The number of aromatic nitrogens is 1. The highest BCUT2D eigenvalue weighted by atomic mass is 16.3. The minimum absolute atomic E-state index is 0.0646. The normalized spacial score (nSPS) is 14.8. The summed E-state index contributed by atoms with van der Waals surface area (Å²) in [6.07, 6.45) is 4.50. The molecule has 3 heteroatoms. The van der Waals surface area contributed by atoms with E-state index in [0.29, 0.717) is 0 Å². The van der Waals surface area contributed by atoms with Gasteiger partial charge in [-0.2, -0.15) is 0 Å². The lowest BCUT2D eigenvalue weighted by molar-refractivity contribution is 0.606. The lowest BCUT2D eigenvalue weighted by Gasteiger charge is -2.34. The van der Waals surface area contributed by atoms with Crippen molar-refractivity contribution in [3.05, 3.63) is 204 Å². The number of anilines is 2. The molecule has 0 radical (unpaired) electrons. The average molecular weight is 745 g/mol. The highest BCUT2D eigenvalue weighted by Crippen LogP contribution is 2.55. The van der Waals surface area contributed by atoms with Gasteiger partial charge in [-0.15, -0.1) is 0 Å². The van der Waals surface area contributed by atoms with Crippen LogP contribution in [-0.4, -0.2) is 4.57 Å². The van der Waals surface area contributed by atoms with Crippen molar-refractivity contribution < 1.29 is 4.42 Å². The van der Waals surface area contributed by atoms with Crippen LogP contribution in [0.5, 0.6) is 0 Å². The zero-order valence-corrected chi connectivity index (χ0v) is 32.5. The van der Waals surface area contributed by atoms with Crippen LogP contribution >= 0.6 is 0 Å². The van der Waals surface area contributed by atoms with Crippen molar-refractivity contribution in [3.8, 4) is 16.8 Å². The molecule has 0 aliphatic heterocycles. The Morgan fingerprint density at radius 2 is 1.19 bits per heavy atom. The molecule has 2 heterocycles. The van der Waals surface area contributed by atoms with Gasteiger partial charge in [0.05, 0.1) is 22.4 Å². The van der Waals surface area contributed by atoms with Crippen molar-refractivity contribution in [2.24, 2.45) is 0 Å². The molecule has 2 aliphatic carbocycles. The van der Waals surface area contributed by atoms with Gasteiger partial charge in [-0.05, 0) is 88.8 Å². The Hall–Kier alpha value is -7.10. The van der Waals surface area contributed by atoms with E-state index in [2.05, 4.69) is 205 Å². The van der Waals surface area contributed by atoms with Crippen molar-refractivity contribution >= 4 is 71.5 Å². The molecule has 0 saturated heterocycles. The van der Waals surface area contributed by atoms with Gasteiger partial charge < -0.3 is 13.9 Å². The summed E-state index contributed by atoms with van der Waals surface area (Å²) in [5.41, 5.74) is 16.5. The molecule has 3 nitrogen and oxygen atoms in total. The molecule has 10 aromatic rings. The molecule has 0 bridgehead atoms. The van der Waals surface area contributed by atoms with Gasteiger partial charge in [0.25, 0.3) is 0 Å². The second-order valence-corrected chi connectivity index (χ2v) is 16.4. The number of rotatable bonds is 5. The second kappa shape index (κ2) is 12.4. The Labute approximate surface area is 337 Å². The van der Waals surface area contributed by atoms with Crippen LogP contribution < -0.4 is 4.90 Å². The predicted molar refractivity (Wildman–Crippen MR) is 243 cm³/mol. The van der Waals surface area contributed by atoms with E-state index in [-0.39, 0.29) is 5.41 Å². The monoisotopic (exact) mass is 744 g/mol. The van der Waals surface area contributed by atoms with Crippen LogP contribution in [0.25, 0.3) is 76.9 Å². The van der Waals surface area contributed by atoms with Crippen LogP contribution in [0.15, 0.2) is 198 Å². The zero-order chi connectivity index (χ0) is 38.5. The summed E-state index contributed by atoms with van der Waals surface area (Å²) in [6, 6.07) is 64.2. The topological polar surface area (TPSA) is 21.3 Å². The van der Waals surface area contributed by atoms with Gasteiger partial charge >= 0.3 is 0 Å². The van der Waals surface area contributed by atoms with Gasteiger partial charge in [-0.1, -0.05) is 147 Å². The van der Waals surface area contributed by atoms with E-state index in [9.17, 15) is 0 Å². The van der Waals surface area contributed by atoms with E-state index in [1.807, 2.05) is 0 Å². The minimum Gasteiger partial charge on any atom is -0.455 e. The van der Waals surface area contributed by atoms with E-state index in [1.165, 1.54) is 60.5 Å². The molecule has 2 aromatic heterocycles. The SMILES string of the molecule is CC1(C)C2=C(C(N(c3cccc(-n4c5ccccc5c5ccccc54)c3)c3ccccc3-c3cccc4c3oc3cc5ccccc5cc34)=CCC2)c2ccccc21. The molecule has 0 N–H and O–H groups in total. The van der Waals surface area contributed by atoms with Crippen LogP contribution in [0.2, 0.25) is 0 Å². The number of furan rings is 1. The fourth-order valence-electron chi connectivity index (χ4n) is 10.2. The minimum atomic E-state index is -0.0646. The average Bonchev–Trinajstić information content (AvgIpc) is 3.89.